The van der Waals surface area contributed by atoms with Gasteiger partial charge in [0.1, 0.15) is 6.54 Å². The summed E-state index contributed by atoms with van der Waals surface area (Å²) in [5.74, 6) is 0. The molecule has 1 saturated heterocycles. The van der Waals surface area contributed by atoms with Crippen molar-refractivity contribution in [2.45, 2.75) is 135 Å². The predicted octanol–water partition coefficient (Wildman–Crippen LogP) is 9.42. The fraction of sp³-hybridized carbons (Fsp3) is 0.806. The molecule has 0 atom stereocenters. The van der Waals surface area contributed by atoms with Gasteiger partial charge in [-0.2, -0.15) is 0 Å². The maximum atomic E-state index is 6.24. The maximum Gasteiger partial charge on any atom is 0.183 e. The van der Waals surface area contributed by atoms with Crippen LogP contribution in [0.5, 0.6) is 0 Å². The van der Waals surface area contributed by atoms with E-state index >= 15 is 0 Å². The second-order valence-electron chi connectivity index (χ2n) is 10.8. The Hall–Kier alpha value is -0.860. The van der Waals surface area contributed by atoms with Gasteiger partial charge in [0, 0.05) is 5.56 Å². The molecule has 2 rings (SSSR count). The van der Waals surface area contributed by atoms with E-state index in [0.29, 0.717) is 0 Å². The highest BCUT2D eigenvalue weighted by Gasteiger charge is 2.30. The quantitative estimate of drug-likeness (QED) is 0.132. The van der Waals surface area contributed by atoms with Crippen molar-refractivity contribution in [1.82, 2.24) is 0 Å². The lowest BCUT2D eigenvalue weighted by molar-refractivity contribution is -0.962. The van der Waals surface area contributed by atoms with E-state index in [4.69, 9.17) is 4.74 Å². The van der Waals surface area contributed by atoms with E-state index in [1.54, 1.807) is 0 Å². The number of hydrogen-bond acceptors (Lipinski definition) is 1. The summed E-state index contributed by atoms with van der Waals surface area (Å²) in [6.07, 6.45) is 26.9. The SMILES string of the molecule is CCCCCCCCCCCCCCCCCCOC[N+]1(Cc2ccccc2)CCCCC1. The van der Waals surface area contributed by atoms with E-state index in [-0.39, 0.29) is 0 Å². The summed E-state index contributed by atoms with van der Waals surface area (Å²) in [4.78, 5) is 0. The van der Waals surface area contributed by atoms with Crippen molar-refractivity contribution in [2.24, 2.45) is 0 Å². The largest absolute Gasteiger partial charge is 0.332 e. The molecule has 1 aromatic carbocycles. The number of hydrogen-bond donors (Lipinski definition) is 0. The van der Waals surface area contributed by atoms with Crippen LogP contribution in [0.1, 0.15) is 134 Å². The minimum Gasteiger partial charge on any atom is -0.332 e. The smallest absolute Gasteiger partial charge is 0.183 e. The molecule has 1 aromatic rings. The molecule has 190 valence electrons. The van der Waals surface area contributed by atoms with Gasteiger partial charge in [0.25, 0.3) is 0 Å². The summed E-state index contributed by atoms with van der Waals surface area (Å²) in [5, 5.41) is 0. The van der Waals surface area contributed by atoms with Gasteiger partial charge in [0.2, 0.25) is 0 Å². The molecule has 33 heavy (non-hydrogen) atoms. The molecule has 0 saturated carbocycles. The Labute approximate surface area is 207 Å². The second kappa shape index (κ2) is 19.4. The molecule has 2 nitrogen and oxygen atoms in total. The molecule has 0 unspecified atom stereocenters. The first-order valence-electron chi connectivity index (χ1n) is 14.8. The molecule has 0 spiro atoms. The molecule has 2 heteroatoms. The number of rotatable bonds is 21. The van der Waals surface area contributed by atoms with E-state index in [1.165, 1.54) is 141 Å². The van der Waals surface area contributed by atoms with Crippen molar-refractivity contribution in [3.8, 4) is 0 Å². The van der Waals surface area contributed by atoms with E-state index < -0.39 is 0 Å². The molecule has 1 heterocycles. The second-order valence-corrected chi connectivity index (χ2v) is 10.8. The zero-order chi connectivity index (χ0) is 23.3. The molecule has 0 aliphatic carbocycles. The number of nitrogens with zero attached hydrogens (tertiary/aromatic N) is 1. The number of likely N-dealkylation sites (tertiary alicyclic amines) is 1. The fourth-order valence-corrected chi connectivity index (χ4v) is 5.50. The van der Waals surface area contributed by atoms with Crippen LogP contribution in [0, 0.1) is 0 Å². The Morgan fingerprint density at radius 1 is 0.606 bits per heavy atom. The number of benzene rings is 1. The molecule has 0 N–H and O–H groups in total. The Balaban J connectivity index is 1.38. The fourth-order valence-electron chi connectivity index (χ4n) is 5.50. The average Bonchev–Trinajstić information content (AvgIpc) is 2.84. The summed E-state index contributed by atoms with van der Waals surface area (Å²) < 4.78 is 7.38. The van der Waals surface area contributed by atoms with Crippen LogP contribution in [0.25, 0.3) is 0 Å². The van der Waals surface area contributed by atoms with Gasteiger partial charge in [-0.05, 0) is 25.7 Å². The predicted molar refractivity (Wildman–Crippen MR) is 144 cm³/mol. The molecular weight excluding hydrogens is 402 g/mol. The van der Waals surface area contributed by atoms with Crippen molar-refractivity contribution in [1.29, 1.82) is 0 Å². The van der Waals surface area contributed by atoms with Gasteiger partial charge in [0.15, 0.2) is 6.73 Å². The highest BCUT2D eigenvalue weighted by atomic mass is 16.5. The third-order valence-electron chi connectivity index (χ3n) is 7.63. The highest BCUT2D eigenvalue weighted by Crippen LogP contribution is 2.23. The summed E-state index contributed by atoms with van der Waals surface area (Å²) in [5.41, 5.74) is 1.46. The minimum absolute atomic E-state index is 0.910. The third kappa shape index (κ3) is 14.2. The molecule has 0 bridgehead atoms. The lowest BCUT2D eigenvalue weighted by Gasteiger charge is -2.41. The topological polar surface area (TPSA) is 9.23 Å². The van der Waals surface area contributed by atoms with Crippen LogP contribution in [0.4, 0.5) is 0 Å². The van der Waals surface area contributed by atoms with E-state index in [0.717, 1.165) is 24.4 Å². The molecular formula is C31H56NO+. The monoisotopic (exact) mass is 458 g/mol. The van der Waals surface area contributed by atoms with Crippen LogP contribution in [0.3, 0.4) is 0 Å². The Bertz CT molecular complexity index is 537. The number of unbranched alkanes of at least 4 members (excludes halogenated alkanes) is 15. The van der Waals surface area contributed by atoms with Crippen LogP contribution in [-0.2, 0) is 11.3 Å². The molecule has 0 aromatic heterocycles. The van der Waals surface area contributed by atoms with Crippen molar-refractivity contribution >= 4 is 0 Å². The standard InChI is InChI=1S/C31H56NO/c1-2-3-4-5-6-7-8-9-10-11-12-13-14-15-16-23-28-33-30-32(26-21-18-22-27-32)29-31-24-19-17-20-25-31/h17,19-20,24-25H,2-16,18,21-23,26-30H2,1H3/q+1. The van der Waals surface area contributed by atoms with Crippen LogP contribution in [-0.4, -0.2) is 30.9 Å². The Morgan fingerprint density at radius 3 is 1.61 bits per heavy atom. The Morgan fingerprint density at radius 2 is 1.09 bits per heavy atom. The van der Waals surface area contributed by atoms with Crippen LogP contribution < -0.4 is 0 Å². The maximum absolute atomic E-state index is 6.24. The first kappa shape index (κ1) is 28.4. The van der Waals surface area contributed by atoms with Crippen molar-refractivity contribution in [3.63, 3.8) is 0 Å². The lowest BCUT2D eigenvalue weighted by atomic mass is 10.0. The number of ether oxygens (including phenoxy) is 1. The first-order valence-corrected chi connectivity index (χ1v) is 14.8. The van der Waals surface area contributed by atoms with Crippen molar-refractivity contribution in [2.75, 3.05) is 26.4 Å². The van der Waals surface area contributed by atoms with E-state index in [2.05, 4.69) is 37.3 Å². The van der Waals surface area contributed by atoms with Gasteiger partial charge >= 0.3 is 0 Å². The van der Waals surface area contributed by atoms with Crippen molar-refractivity contribution < 1.29 is 9.22 Å². The van der Waals surface area contributed by atoms with Crippen molar-refractivity contribution in [3.05, 3.63) is 35.9 Å². The zero-order valence-electron chi connectivity index (χ0n) is 22.2. The summed E-state index contributed by atoms with van der Waals surface area (Å²) in [6.45, 7) is 7.87. The van der Waals surface area contributed by atoms with Gasteiger partial charge in [-0.15, -0.1) is 0 Å². The van der Waals surface area contributed by atoms with E-state index in [1.807, 2.05) is 0 Å². The molecule has 1 aliphatic heterocycles. The molecule has 0 radical (unpaired) electrons. The molecule has 1 fully saturated rings. The molecule has 1 aliphatic rings. The summed E-state index contributed by atoms with van der Waals surface area (Å²) in [7, 11) is 0. The molecule has 0 amide bonds. The summed E-state index contributed by atoms with van der Waals surface area (Å²) in [6, 6.07) is 11.0. The van der Waals surface area contributed by atoms with Gasteiger partial charge in [-0.25, -0.2) is 0 Å². The van der Waals surface area contributed by atoms with Gasteiger partial charge in [-0.3, -0.25) is 4.48 Å². The number of quaternary nitrogens is 1. The number of piperidine rings is 1. The normalized spacial score (nSPS) is 15.7. The minimum atomic E-state index is 0.910. The van der Waals surface area contributed by atoms with Crippen LogP contribution >= 0.6 is 0 Å². The third-order valence-corrected chi connectivity index (χ3v) is 7.63. The highest BCUT2D eigenvalue weighted by molar-refractivity contribution is 5.13. The van der Waals surface area contributed by atoms with E-state index in [9.17, 15) is 0 Å². The van der Waals surface area contributed by atoms with Crippen LogP contribution in [0.15, 0.2) is 30.3 Å². The van der Waals surface area contributed by atoms with Crippen LogP contribution in [0.2, 0.25) is 0 Å². The van der Waals surface area contributed by atoms with Gasteiger partial charge < -0.3 is 4.74 Å². The van der Waals surface area contributed by atoms with Gasteiger partial charge in [0.05, 0.1) is 19.7 Å². The average molecular weight is 459 g/mol. The zero-order valence-corrected chi connectivity index (χ0v) is 22.2. The lowest BCUT2D eigenvalue weighted by Crippen LogP contribution is -2.52. The first-order chi connectivity index (χ1) is 16.3. The summed E-state index contributed by atoms with van der Waals surface area (Å²) >= 11 is 0. The Kier molecular flexibility index (Phi) is 16.7. The van der Waals surface area contributed by atoms with Gasteiger partial charge in [-0.1, -0.05) is 134 Å².